The van der Waals surface area contributed by atoms with E-state index in [1.807, 2.05) is 52.2 Å². The molecule has 0 aliphatic rings. The summed E-state index contributed by atoms with van der Waals surface area (Å²) in [5, 5.41) is 12.7. The molecule has 0 aromatic carbocycles. The van der Waals surface area contributed by atoms with Crippen LogP contribution in [0.15, 0.2) is 41.2 Å². The quantitative estimate of drug-likeness (QED) is 0.177. The fraction of sp³-hybridized carbons (Fsp3) is 0.316. The molecule has 3 rings (SSSR count). The molecule has 0 bridgehead atoms. The molecule has 29 heavy (non-hydrogen) atoms. The van der Waals surface area contributed by atoms with Gasteiger partial charge in [0.15, 0.2) is 5.82 Å². The van der Waals surface area contributed by atoms with E-state index in [0.29, 0.717) is 17.1 Å². The predicted octanol–water partition coefficient (Wildman–Crippen LogP) is 3.73. The zero-order valence-corrected chi connectivity index (χ0v) is 20.0. The summed E-state index contributed by atoms with van der Waals surface area (Å²) in [4.78, 5) is 17.4. The monoisotopic (exact) mass is 515 g/mol. The molecule has 0 aliphatic carbocycles. The van der Waals surface area contributed by atoms with Crippen molar-refractivity contribution in [3.05, 3.63) is 47.9 Å². The lowest BCUT2D eigenvalue weighted by Gasteiger charge is -1.89. The van der Waals surface area contributed by atoms with Gasteiger partial charge in [-0.15, -0.1) is 24.0 Å². The SMILES string of the molecule is CC.CC.CC(=O)NN.Cc1ncccc1C#N.I.Nc1noc2ncccc12. The molecule has 0 radical (unpaired) electrons. The predicted molar refractivity (Wildman–Crippen MR) is 126 cm³/mol. The number of nitrogens with one attached hydrogen (secondary N) is 1. The number of halogens is 1. The Hall–Kier alpha value is -2.78. The Balaban J connectivity index is -0.000000330. The van der Waals surface area contributed by atoms with Crippen molar-refractivity contribution >= 4 is 46.8 Å². The van der Waals surface area contributed by atoms with Crippen molar-refractivity contribution in [2.24, 2.45) is 5.84 Å². The van der Waals surface area contributed by atoms with Crippen LogP contribution < -0.4 is 17.0 Å². The third-order valence-electron chi connectivity index (χ3n) is 2.61. The zero-order valence-electron chi connectivity index (χ0n) is 17.6. The van der Waals surface area contributed by atoms with E-state index in [9.17, 15) is 4.79 Å². The maximum Gasteiger partial charge on any atom is 0.259 e. The Kier molecular flexibility index (Phi) is 21.3. The standard InChI is InChI=1S/C7H6N2.C6H5N3O.C2H6N2O.2C2H6.HI/c1-6-7(5-8)3-2-4-9-6;7-5-4-2-1-3-8-6(4)10-9-5;1-2(5)4-3;2*1-2;/h2-4H,1H3;1-3H,(H2,7,9);3H2,1H3,(H,4,5);2*1-2H3;1H. The number of pyridine rings is 2. The molecule has 10 heteroatoms. The number of hydrazine groups is 1. The molecule has 0 aliphatic heterocycles. The second-order valence-corrected chi connectivity index (χ2v) is 4.37. The normalized spacial score (nSPS) is 7.79. The van der Waals surface area contributed by atoms with Crippen LogP contribution in [0, 0.1) is 18.3 Å². The first-order valence-corrected chi connectivity index (χ1v) is 8.74. The molecule has 5 N–H and O–H groups in total. The molecule has 0 fully saturated rings. The van der Waals surface area contributed by atoms with E-state index in [4.69, 9.17) is 15.5 Å². The van der Waals surface area contributed by atoms with Crippen LogP contribution in [0.4, 0.5) is 5.82 Å². The van der Waals surface area contributed by atoms with Gasteiger partial charge < -0.3 is 10.3 Å². The van der Waals surface area contributed by atoms with E-state index in [2.05, 4.69) is 21.0 Å². The van der Waals surface area contributed by atoms with E-state index < -0.39 is 0 Å². The highest BCUT2D eigenvalue weighted by Gasteiger charge is 2.02. The first-order valence-electron chi connectivity index (χ1n) is 8.74. The number of nitriles is 1. The number of rotatable bonds is 0. The van der Waals surface area contributed by atoms with Crippen LogP contribution in [-0.4, -0.2) is 21.0 Å². The summed E-state index contributed by atoms with van der Waals surface area (Å²) in [5.74, 6) is 4.75. The summed E-state index contributed by atoms with van der Waals surface area (Å²) in [7, 11) is 0. The van der Waals surface area contributed by atoms with Crippen LogP contribution in [0.3, 0.4) is 0 Å². The minimum Gasteiger partial charge on any atom is -0.380 e. The molecule has 3 aromatic rings. The van der Waals surface area contributed by atoms with Crippen molar-refractivity contribution in [2.45, 2.75) is 41.5 Å². The minimum atomic E-state index is -0.218. The van der Waals surface area contributed by atoms with Crippen LogP contribution in [-0.2, 0) is 4.79 Å². The van der Waals surface area contributed by atoms with Gasteiger partial charge in [-0.1, -0.05) is 32.9 Å². The number of hydrogen-bond donors (Lipinski definition) is 3. The van der Waals surface area contributed by atoms with E-state index in [1.165, 1.54) is 6.92 Å². The number of anilines is 1. The Morgan fingerprint density at radius 1 is 1.14 bits per heavy atom. The number of aryl methyl sites for hydroxylation is 1. The fourth-order valence-corrected chi connectivity index (χ4v) is 1.40. The summed E-state index contributed by atoms with van der Waals surface area (Å²) in [6.07, 6.45) is 3.31. The summed E-state index contributed by atoms with van der Waals surface area (Å²) < 4.78 is 4.76. The van der Waals surface area contributed by atoms with Gasteiger partial charge in [0.05, 0.1) is 16.6 Å². The highest BCUT2D eigenvalue weighted by atomic mass is 127. The number of nitrogens with two attached hydrogens (primary N) is 2. The van der Waals surface area contributed by atoms with Crippen molar-refractivity contribution in [1.29, 1.82) is 5.26 Å². The zero-order chi connectivity index (χ0) is 21.9. The molecular formula is C19H30IN7O2. The molecule has 0 atom stereocenters. The third kappa shape index (κ3) is 13.1. The van der Waals surface area contributed by atoms with Crippen LogP contribution >= 0.6 is 24.0 Å². The van der Waals surface area contributed by atoms with E-state index in [0.717, 1.165) is 11.1 Å². The molecule has 3 heterocycles. The number of carbonyl (C=O) groups excluding carboxylic acids is 1. The second-order valence-electron chi connectivity index (χ2n) is 4.37. The molecule has 9 nitrogen and oxygen atoms in total. The van der Waals surface area contributed by atoms with Crippen LogP contribution in [0.1, 0.15) is 45.9 Å². The number of fused-ring (bicyclic) bond motifs is 1. The van der Waals surface area contributed by atoms with Gasteiger partial charge in [-0.2, -0.15) is 5.26 Å². The van der Waals surface area contributed by atoms with Gasteiger partial charge in [-0.05, 0) is 31.2 Å². The molecule has 0 unspecified atom stereocenters. The largest absolute Gasteiger partial charge is 0.380 e. The third-order valence-corrected chi connectivity index (χ3v) is 2.61. The first-order chi connectivity index (χ1) is 13.5. The number of hydrogen-bond acceptors (Lipinski definition) is 8. The molecule has 3 aromatic heterocycles. The molecule has 160 valence electrons. The fourth-order valence-electron chi connectivity index (χ4n) is 1.40. The van der Waals surface area contributed by atoms with Gasteiger partial charge in [0.2, 0.25) is 5.91 Å². The molecule has 0 saturated carbocycles. The van der Waals surface area contributed by atoms with E-state index in [1.54, 1.807) is 30.6 Å². The highest BCUT2D eigenvalue weighted by Crippen LogP contribution is 2.15. The molecule has 0 spiro atoms. The van der Waals surface area contributed by atoms with Crippen LogP contribution in [0.2, 0.25) is 0 Å². The number of nitrogen functional groups attached to an aromatic ring is 1. The average molecular weight is 515 g/mol. The van der Waals surface area contributed by atoms with Crippen molar-refractivity contribution in [1.82, 2.24) is 20.6 Å². The van der Waals surface area contributed by atoms with E-state index in [-0.39, 0.29) is 29.9 Å². The van der Waals surface area contributed by atoms with Gasteiger partial charge in [-0.25, -0.2) is 10.8 Å². The van der Waals surface area contributed by atoms with Crippen molar-refractivity contribution in [3.8, 4) is 6.07 Å². The Morgan fingerprint density at radius 2 is 1.66 bits per heavy atom. The Labute approximate surface area is 188 Å². The summed E-state index contributed by atoms with van der Waals surface area (Å²) >= 11 is 0. The van der Waals surface area contributed by atoms with Crippen molar-refractivity contribution in [2.75, 3.05) is 5.73 Å². The number of carbonyl (C=O) groups is 1. The lowest BCUT2D eigenvalue weighted by atomic mass is 10.2. The Morgan fingerprint density at radius 3 is 2.07 bits per heavy atom. The van der Waals surface area contributed by atoms with Crippen molar-refractivity contribution in [3.63, 3.8) is 0 Å². The van der Waals surface area contributed by atoms with Gasteiger partial charge in [0, 0.05) is 19.3 Å². The molecule has 0 saturated heterocycles. The lowest BCUT2D eigenvalue weighted by Crippen LogP contribution is -2.26. The summed E-state index contributed by atoms with van der Waals surface area (Å²) in [5.41, 5.74) is 9.25. The van der Waals surface area contributed by atoms with Crippen LogP contribution in [0.5, 0.6) is 0 Å². The number of nitrogens with zero attached hydrogens (tertiary/aromatic N) is 4. The minimum absolute atomic E-state index is 0. The maximum absolute atomic E-state index is 9.58. The Bertz CT molecular complexity index is 848. The van der Waals surface area contributed by atoms with Crippen LogP contribution in [0.25, 0.3) is 11.1 Å². The summed E-state index contributed by atoms with van der Waals surface area (Å²) in [6.45, 7) is 11.2. The van der Waals surface area contributed by atoms with Gasteiger partial charge in [0.1, 0.15) is 6.07 Å². The smallest absolute Gasteiger partial charge is 0.259 e. The summed E-state index contributed by atoms with van der Waals surface area (Å²) in [6, 6.07) is 9.14. The number of amides is 1. The maximum atomic E-state index is 9.58. The molecule has 1 amide bonds. The van der Waals surface area contributed by atoms with Gasteiger partial charge in [-0.3, -0.25) is 15.2 Å². The molecular weight excluding hydrogens is 485 g/mol. The number of aromatic nitrogens is 3. The van der Waals surface area contributed by atoms with Crippen molar-refractivity contribution < 1.29 is 9.32 Å². The van der Waals surface area contributed by atoms with E-state index >= 15 is 0 Å². The first kappa shape index (κ1) is 30.9. The average Bonchev–Trinajstić information content (AvgIpc) is 3.13. The highest BCUT2D eigenvalue weighted by molar-refractivity contribution is 14.0. The van der Waals surface area contributed by atoms with Gasteiger partial charge >= 0.3 is 0 Å². The van der Waals surface area contributed by atoms with Gasteiger partial charge in [0.25, 0.3) is 5.71 Å². The lowest BCUT2D eigenvalue weighted by molar-refractivity contribution is -0.119. The topological polar surface area (TPSA) is 157 Å². The second kappa shape index (κ2) is 20.0.